The van der Waals surface area contributed by atoms with Crippen LogP contribution in [0.25, 0.3) is 0 Å². The van der Waals surface area contributed by atoms with Crippen molar-refractivity contribution in [1.82, 2.24) is 4.98 Å². The summed E-state index contributed by atoms with van der Waals surface area (Å²) in [5.41, 5.74) is -0.315. The van der Waals surface area contributed by atoms with E-state index in [1.807, 2.05) is 0 Å². The highest BCUT2D eigenvalue weighted by Crippen LogP contribution is 2.29. The van der Waals surface area contributed by atoms with E-state index in [0.717, 1.165) is 6.07 Å². The van der Waals surface area contributed by atoms with Crippen molar-refractivity contribution >= 4 is 29.1 Å². The first-order valence-electron chi connectivity index (χ1n) is 5.14. The molecule has 0 aliphatic carbocycles. The zero-order valence-electron chi connectivity index (χ0n) is 9.83. The Kier molecular flexibility index (Phi) is 4.43. The number of aromatic nitrogens is 1. The van der Waals surface area contributed by atoms with E-state index < -0.39 is 16.9 Å². The van der Waals surface area contributed by atoms with E-state index in [1.54, 1.807) is 6.92 Å². The van der Waals surface area contributed by atoms with Gasteiger partial charge in [-0.25, -0.2) is 9.78 Å². The van der Waals surface area contributed by atoms with Crippen LogP contribution in [-0.2, 0) is 4.79 Å². The molecule has 0 fully saturated rings. The fraction of sp³-hybridized carbons (Fsp3) is 0.400. The number of pyridine rings is 1. The number of nitro groups is 1. The van der Waals surface area contributed by atoms with E-state index in [1.165, 1.54) is 18.1 Å². The summed E-state index contributed by atoms with van der Waals surface area (Å²) in [6.45, 7) is 1.68. The van der Waals surface area contributed by atoms with Gasteiger partial charge in [0.15, 0.2) is 0 Å². The Morgan fingerprint density at radius 1 is 1.72 bits per heavy atom. The lowest BCUT2D eigenvalue weighted by Gasteiger charge is -2.24. The van der Waals surface area contributed by atoms with Gasteiger partial charge in [-0.15, -0.1) is 0 Å². The molecule has 1 N–H and O–H groups in total. The molecule has 1 aromatic heterocycles. The third-order valence-electron chi connectivity index (χ3n) is 2.48. The molecular weight excluding hydrogens is 262 g/mol. The highest BCUT2D eigenvalue weighted by molar-refractivity contribution is 6.30. The number of anilines is 1. The highest BCUT2D eigenvalue weighted by Gasteiger charge is 2.27. The minimum atomic E-state index is -1.06. The summed E-state index contributed by atoms with van der Waals surface area (Å²) >= 11 is 5.64. The molecule has 0 aliphatic heterocycles. The van der Waals surface area contributed by atoms with Gasteiger partial charge in [0.2, 0.25) is 5.82 Å². The summed E-state index contributed by atoms with van der Waals surface area (Å²) in [4.78, 5) is 26.4. The molecule has 1 heterocycles. The lowest BCUT2D eigenvalue weighted by Crippen LogP contribution is -2.38. The second kappa shape index (κ2) is 5.63. The fourth-order valence-electron chi connectivity index (χ4n) is 1.59. The second-order valence-corrected chi connectivity index (χ2v) is 4.06. The van der Waals surface area contributed by atoms with Crippen LogP contribution in [0.15, 0.2) is 12.3 Å². The Morgan fingerprint density at radius 2 is 2.33 bits per heavy atom. The van der Waals surface area contributed by atoms with Gasteiger partial charge < -0.3 is 10.0 Å². The highest BCUT2D eigenvalue weighted by atomic mass is 35.5. The van der Waals surface area contributed by atoms with Crippen molar-refractivity contribution in [1.29, 1.82) is 0 Å². The number of hydrogen-bond acceptors (Lipinski definition) is 5. The summed E-state index contributed by atoms with van der Waals surface area (Å²) in [6.07, 6.45) is 1.54. The van der Waals surface area contributed by atoms with Gasteiger partial charge in [0.05, 0.1) is 9.95 Å². The standard InChI is InChI=1S/C10H12ClN3O4/c1-3-7(10(15)16)13(2)9-8(14(17)18)4-6(11)5-12-9/h4-5,7H,3H2,1-2H3,(H,15,16). The van der Waals surface area contributed by atoms with Crippen LogP contribution in [0.2, 0.25) is 5.02 Å². The Bertz CT molecular complexity index is 480. The zero-order chi connectivity index (χ0) is 13.9. The molecule has 0 aliphatic rings. The number of carboxylic acid groups (broad SMARTS) is 1. The maximum atomic E-state index is 11.0. The first-order chi connectivity index (χ1) is 8.38. The van der Waals surface area contributed by atoms with Gasteiger partial charge in [0.1, 0.15) is 6.04 Å². The van der Waals surface area contributed by atoms with Gasteiger partial charge in [-0.3, -0.25) is 10.1 Å². The first kappa shape index (κ1) is 14.2. The Hall–Kier alpha value is -1.89. The van der Waals surface area contributed by atoms with Crippen molar-refractivity contribution < 1.29 is 14.8 Å². The Labute approximate surface area is 108 Å². The van der Waals surface area contributed by atoms with E-state index in [0.29, 0.717) is 6.42 Å². The molecule has 1 aromatic rings. The molecule has 1 unspecified atom stereocenters. The van der Waals surface area contributed by atoms with E-state index >= 15 is 0 Å². The second-order valence-electron chi connectivity index (χ2n) is 3.63. The smallest absolute Gasteiger partial charge is 0.326 e. The van der Waals surface area contributed by atoms with Crippen molar-refractivity contribution in [3.05, 3.63) is 27.4 Å². The summed E-state index contributed by atoms with van der Waals surface area (Å²) in [5.74, 6) is -1.08. The Balaban J connectivity index is 3.23. The number of halogens is 1. The van der Waals surface area contributed by atoms with Crippen molar-refractivity contribution in [2.45, 2.75) is 19.4 Å². The molecule has 0 amide bonds. The van der Waals surface area contributed by atoms with Crippen LogP contribution < -0.4 is 4.90 Å². The topological polar surface area (TPSA) is 96.6 Å². The van der Waals surface area contributed by atoms with Crippen LogP contribution in [0.3, 0.4) is 0 Å². The quantitative estimate of drug-likeness (QED) is 0.650. The molecule has 0 saturated heterocycles. The van der Waals surface area contributed by atoms with Gasteiger partial charge in [-0.1, -0.05) is 18.5 Å². The number of carbonyl (C=O) groups is 1. The largest absolute Gasteiger partial charge is 0.480 e. The molecule has 1 rings (SSSR count). The van der Waals surface area contributed by atoms with Gasteiger partial charge in [-0.2, -0.15) is 0 Å². The number of rotatable bonds is 5. The SMILES string of the molecule is CCC(C(=O)O)N(C)c1ncc(Cl)cc1[N+](=O)[O-]. The third kappa shape index (κ3) is 2.86. The van der Waals surface area contributed by atoms with Crippen LogP contribution in [0, 0.1) is 10.1 Å². The lowest BCUT2D eigenvalue weighted by molar-refractivity contribution is -0.384. The van der Waals surface area contributed by atoms with E-state index in [-0.39, 0.29) is 16.5 Å². The summed E-state index contributed by atoms with van der Waals surface area (Å²) in [7, 11) is 1.45. The van der Waals surface area contributed by atoms with Gasteiger partial charge >= 0.3 is 11.7 Å². The fourth-order valence-corrected chi connectivity index (χ4v) is 1.74. The monoisotopic (exact) mass is 273 g/mol. The molecule has 0 radical (unpaired) electrons. The molecule has 7 nitrogen and oxygen atoms in total. The van der Waals surface area contributed by atoms with Gasteiger partial charge in [-0.05, 0) is 6.42 Å². The first-order valence-corrected chi connectivity index (χ1v) is 5.51. The van der Waals surface area contributed by atoms with Crippen LogP contribution in [0.5, 0.6) is 0 Å². The number of aliphatic carboxylic acids is 1. The molecule has 98 valence electrons. The maximum Gasteiger partial charge on any atom is 0.326 e. The van der Waals surface area contributed by atoms with Crippen molar-refractivity contribution in [2.24, 2.45) is 0 Å². The molecule has 0 spiro atoms. The summed E-state index contributed by atoms with van der Waals surface area (Å²) < 4.78 is 0. The van der Waals surface area contributed by atoms with Crippen LogP contribution in [0.4, 0.5) is 11.5 Å². The Morgan fingerprint density at radius 3 is 2.78 bits per heavy atom. The summed E-state index contributed by atoms with van der Waals surface area (Å²) in [6, 6.07) is 0.270. The summed E-state index contributed by atoms with van der Waals surface area (Å²) in [5, 5.41) is 20.0. The zero-order valence-corrected chi connectivity index (χ0v) is 10.6. The molecule has 18 heavy (non-hydrogen) atoms. The van der Waals surface area contributed by atoms with Crippen LogP contribution in [0.1, 0.15) is 13.3 Å². The number of hydrogen-bond donors (Lipinski definition) is 1. The van der Waals surface area contributed by atoms with Gasteiger partial charge in [0.25, 0.3) is 0 Å². The van der Waals surface area contributed by atoms with E-state index in [9.17, 15) is 14.9 Å². The van der Waals surface area contributed by atoms with Crippen molar-refractivity contribution in [2.75, 3.05) is 11.9 Å². The van der Waals surface area contributed by atoms with E-state index in [4.69, 9.17) is 16.7 Å². The molecule has 1 atom stereocenters. The number of carboxylic acids is 1. The predicted octanol–water partition coefficient (Wildman–Crippen LogP) is 1.94. The normalized spacial score (nSPS) is 11.9. The molecular formula is C10H12ClN3O4. The maximum absolute atomic E-state index is 11.0. The molecule has 0 saturated carbocycles. The molecule has 8 heteroatoms. The van der Waals surface area contributed by atoms with Crippen LogP contribution in [-0.4, -0.2) is 34.1 Å². The lowest BCUT2D eigenvalue weighted by atomic mass is 10.2. The minimum absolute atomic E-state index is 0.0151. The predicted molar refractivity (Wildman–Crippen MR) is 66.0 cm³/mol. The molecule has 0 bridgehead atoms. The minimum Gasteiger partial charge on any atom is -0.480 e. The van der Waals surface area contributed by atoms with Crippen molar-refractivity contribution in [3.8, 4) is 0 Å². The third-order valence-corrected chi connectivity index (χ3v) is 2.69. The molecule has 0 aromatic carbocycles. The number of likely N-dealkylation sites (N-methyl/N-ethyl adjacent to an activating group) is 1. The average Bonchev–Trinajstić information content (AvgIpc) is 2.28. The average molecular weight is 274 g/mol. The van der Waals surface area contributed by atoms with Crippen molar-refractivity contribution in [3.63, 3.8) is 0 Å². The van der Waals surface area contributed by atoms with Crippen LogP contribution >= 0.6 is 11.6 Å². The van der Waals surface area contributed by atoms with E-state index in [2.05, 4.69) is 4.98 Å². The van der Waals surface area contributed by atoms with Gasteiger partial charge in [0, 0.05) is 19.3 Å². The number of nitrogens with zero attached hydrogens (tertiary/aromatic N) is 3.